The Bertz CT molecular complexity index is 1090. The van der Waals surface area contributed by atoms with Crippen molar-refractivity contribution in [2.24, 2.45) is 0 Å². The molecule has 1 saturated heterocycles. The Morgan fingerprint density at radius 3 is 2.63 bits per heavy atom. The maximum absolute atomic E-state index is 12.8. The van der Waals surface area contributed by atoms with Crippen LogP contribution in [-0.4, -0.2) is 54.5 Å². The van der Waals surface area contributed by atoms with Crippen molar-refractivity contribution in [3.05, 3.63) is 63.1 Å². The Hall–Kier alpha value is -2.79. The number of aliphatic hydroxyl groups excluding tert-OH is 3. The van der Waals surface area contributed by atoms with Crippen molar-refractivity contribution < 1.29 is 24.6 Å². The van der Waals surface area contributed by atoms with Gasteiger partial charge in [-0.25, -0.2) is 4.79 Å². The molecule has 0 bridgehead atoms. The smallest absolute Gasteiger partial charge is 0.333 e. The fourth-order valence-corrected chi connectivity index (χ4v) is 3.18. The largest absolute Gasteiger partial charge is 0.394 e. The maximum atomic E-state index is 12.8. The van der Waals surface area contributed by atoms with E-state index in [4.69, 9.17) is 9.26 Å². The summed E-state index contributed by atoms with van der Waals surface area (Å²) >= 11 is 0. The van der Waals surface area contributed by atoms with Crippen molar-refractivity contribution in [3.8, 4) is 0 Å². The average Bonchev–Trinajstić information content (AvgIpc) is 3.21. The third-order valence-corrected chi connectivity index (χ3v) is 4.65. The van der Waals surface area contributed by atoms with Gasteiger partial charge in [-0.1, -0.05) is 17.3 Å². The molecular weight excluding hydrogens is 358 g/mol. The zero-order valence-electron chi connectivity index (χ0n) is 14.0. The third-order valence-electron chi connectivity index (χ3n) is 4.65. The normalized spacial score (nSPS) is 25.3. The third kappa shape index (κ3) is 2.88. The fourth-order valence-electron chi connectivity index (χ4n) is 3.18. The van der Waals surface area contributed by atoms with Gasteiger partial charge in [0.2, 0.25) is 0 Å². The number of hydrogen-bond donors (Lipinski definition) is 3. The molecule has 27 heavy (non-hydrogen) atoms. The summed E-state index contributed by atoms with van der Waals surface area (Å²) < 4.78 is 12.5. The second-order valence-electron chi connectivity index (χ2n) is 6.28. The van der Waals surface area contributed by atoms with Crippen molar-refractivity contribution >= 4 is 11.0 Å². The van der Waals surface area contributed by atoms with Crippen LogP contribution in [0, 0.1) is 0 Å². The van der Waals surface area contributed by atoms with Crippen LogP contribution in [0.4, 0.5) is 0 Å². The molecule has 10 nitrogen and oxygen atoms in total. The van der Waals surface area contributed by atoms with Gasteiger partial charge in [0.1, 0.15) is 24.0 Å². The van der Waals surface area contributed by atoms with Crippen LogP contribution in [0.5, 0.6) is 0 Å². The Labute approximate surface area is 151 Å². The Morgan fingerprint density at radius 2 is 1.89 bits per heavy atom. The number of nitrogens with zero attached hydrogens (tertiary/aromatic N) is 3. The van der Waals surface area contributed by atoms with Gasteiger partial charge in [0, 0.05) is 17.6 Å². The van der Waals surface area contributed by atoms with Gasteiger partial charge in [0.15, 0.2) is 11.8 Å². The Balaban J connectivity index is 1.74. The molecule has 1 aliphatic rings. The molecule has 3 heterocycles. The number of benzene rings is 1. The van der Waals surface area contributed by atoms with Gasteiger partial charge in [-0.05, 0) is 12.1 Å². The fraction of sp³-hybridized carbons (Fsp3) is 0.353. The molecule has 0 aliphatic carbocycles. The van der Waals surface area contributed by atoms with E-state index < -0.39 is 42.4 Å². The lowest BCUT2D eigenvalue weighted by atomic mass is 10.1. The molecule has 3 N–H and O–H groups in total. The summed E-state index contributed by atoms with van der Waals surface area (Å²) in [5.41, 5.74) is -0.372. The quantitative estimate of drug-likeness (QED) is 0.517. The van der Waals surface area contributed by atoms with Crippen LogP contribution in [0.25, 0.3) is 11.0 Å². The molecule has 1 aliphatic heterocycles. The van der Waals surface area contributed by atoms with E-state index in [1.54, 1.807) is 24.3 Å². The summed E-state index contributed by atoms with van der Waals surface area (Å²) in [6, 6.07) is 8.20. The van der Waals surface area contributed by atoms with Gasteiger partial charge in [-0.15, -0.1) is 0 Å². The van der Waals surface area contributed by atoms with Crippen molar-refractivity contribution in [1.29, 1.82) is 0 Å². The number of rotatable bonds is 4. The van der Waals surface area contributed by atoms with Crippen molar-refractivity contribution in [2.75, 3.05) is 6.61 Å². The number of aromatic nitrogens is 3. The molecule has 0 radical (unpaired) electrons. The van der Waals surface area contributed by atoms with E-state index in [-0.39, 0.29) is 6.54 Å². The van der Waals surface area contributed by atoms with Gasteiger partial charge < -0.3 is 24.6 Å². The number of ether oxygens (including phenoxy) is 1. The molecule has 0 saturated carbocycles. The maximum Gasteiger partial charge on any atom is 0.333 e. The van der Waals surface area contributed by atoms with Crippen LogP contribution in [-0.2, 0) is 11.3 Å². The summed E-state index contributed by atoms with van der Waals surface area (Å²) in [5, 5.41) is 33.8. The predicted octanol–water partition coefficient (Wildman–Crippen LogP) is -1.19. The van der Waals surface area contributed by atoms with Crippen molar-refractivity contribution in [1.82, 2.24) is 14.3 Å². The first-order chi connectivity index (χ1) is 13.0. The average molecular weight is 375 g/mol. The van der Waals surface area contributed by atoms with Crippen LogP contribution >= 0.6 is 0 Å². The summed E-state index contributed by atoms with van der Waals surface area (Å²) in [6.07, 6.45) is -3.87. The van der Waals surface area contributed by atoms with Crippen LogP contribution in [0.15, 0.2) is 50.6 Å². The first-order valence-electron chi connectivity index (χ1n) is 8.29. The number of para-hydroxylation sites is 1. The van der Waals surface area contributed by atoms with Gasteiger partial charge in [0.05, 0.1) is 13.2 Å². The molecule has 10 heteroatoms. The van der Waals surface area contributed by atoms with Crippen LogP contribution < -0.4 is 11.2 Å². The Morgan fingerprint density at radius 1 is 1.11 bits per heavy atom. The second-order valence-corrected chi connectivity index (χ2v) is 6.28. The van der Waals surface area contributed by atoms with Crippen LogP contribution in [0.3, 0.4) is 0 Å². The van der Waals surface area contributed by atoms with Crippen molar-refractivity contribution in [3.63, 3.8) is 0 Å². The van der Waals surface area contributed by atoms with E-state index in [0.29, 0.717) is 16.7 Å². The molecule has 3 aromatic rings. The summed E-state index contributed by atoms with van der Waals surface area (Å²) in [6.45, 7) is -0.654. The van der Waals surface area contributed by atoms with Gasteiger partial charge in [-0.3, -0.25) is 13.9 Å². The lowest BCUT2D eigenvalue weighted by molar-refractivity contribution is -0.0555. The van der Waals surface area contributed by atoms with E-state index in [2.05, 4.69) is 5.16 Å². The molecule has 1 fully saturated rings. The molecular formula is C17H17N3O7. The number of aliphatic hydroxyl groups is 3. The SMILES string of the molecule is O=c1ccn(C2OC(CO)C(O)[C@@H]2O)c(=O)n1Cc1noc2ccccc12. The molecule has 0 amide bonds. The lowest BCUT2D eigenvalue weighted by Crippen LogP contribution is -2.43. The zero-order valence-corrected chi connectivity index (χ0v) is 14.0. The minimum atomic E-state index is -1.43. The highest BCUT2D eigenvalue weighted by Gasteiger charge is 2.43. The molecule has 4 atom stereocenters. The number of fused-ring (bicyclic) bond motifs is 1. The topological polar surface area (TPSA) is 140 Å². The summed E-state index contributed by atoms with van der Waals surface area (Å²) in [5.74, 6) is 0. The van der Waals surface area contributed by atoms with E-state index in [1.165, 1.54) is 6.20 Å². The second kappa shape index (κ2) is 6.74. The van der Waals surface area contributed by atoms with Gasteiger partial charge in [0.25, 0.3) is 5.56 Å². The molecule has 4 rings (SSSR count). The van der Waals surface area contributed by atoms with E-state index in [0.717, 1.165) is 15.2 Å². The van der Waals surface area contributed by atoms with Crippen LogP contribution in [0.1, 0.15) is 11.9 Å². The van der Waals surface area contributed by atoms with E-state index >= 15 is 0 Å². The zero-order chi connectivity index (χ0) is 19.1. The molecule has 142 valence electrons. The summed E-state index contributed by atoms with van der Waals surface area (Å²) in [4.78, 5) is 25.1. The molecule has 0 spiro atoms. The first-order valence-corrected chi connectivity index (χ1v) is 8.29. The van der Waals surface area contributed by atoms with Gasteiger partial charge in [-0.2, -0.15) is 0 Å². The standard InChI is InChI=1S/C17H17N3O7/c21-8-12-14(23)15(24)16(26-12)19-6-5-13(22)20(17(19)25)7-10-9-3-1-2-4-11(9)27-18-10/h1-6,12,14-16,21,23-24H,7-8H2/t12?,14?,15-,16?/m0/s1. The first kappa shape index (κ1) is 17.6. The molecule has 1 aromatic carbocycles. The highest BCUT2D eigenvalue weighted by atomic mass is 16.6. The highest BCUT2D eigenvalue weighted by molar-refractivity contribution is 5.79. The van der Waals surface area contributed by atoms with Crippen LogP contribution in [0.2, 0.25) is 0 Å². The Kier molecular flexibility index (Phi) is 4.40. The van der Waals surface area contributed by atoms with E-state index in [9.17, 15) is 24.9 Å². The minimum absolute atomic E-state index is 0.135. The monoisotopic (exact) mass is 375 g/mol. The molecule has 3 unspecified atom stereocenters. The molecule has 2 aromatic heterocycles. The van der Waals surface area contributed by atoms with E-state index in [1.807, 2.05) is 0 Å². The lowest BCUT2D eigenvalue weighted by Gasteiger charge is -2.18. The minimum Gasteiger partial charge on any atom is -0.394 e. The highest BCUT2D eigenvalue weighted by Crippen LogP contribution is 2.27. The number of hydrogen-bond acceptors (Lipinski definition) is 8. The van der Waals surface area contributed by atoms with Gasteiger partial charge >= 0.3 is 5.69 Å². The predicted molar refractivity (Wildman–Crippen MR) is 91.1 cm³/mol. The summed E-state index contributed by atoms with van der Waals surface area (Å²) in [7, 11) is 0. The van der Waals surface area contributed by atoms with Crippen molar-refractivity contribution in [2.45, 2.75) is 31.1 Å².